The molecule has 0 aliphatic heterocycles. The molecule has 0 aliphatic carbocycles. The van der Waals surface area contributed by atoms with Crippen LogP contribution in [0, 0.1) is 5.92 Å². The van der Waals surface area contributed by atoms with Crippen LogP contribution in [0.2, 0.25) is 0 Å². The first-order valence-electron chi connectivity index (χ1n) is 4.94. The molecule has 0 aromatic carbocycles. The summed E-state index contributed by atoms with van der Waals surface area (Å²) in [5.41, 5.74) is 0. The zero-order valence-corrected chi connectivity index (χ0v) is 9.53. The van der Waals surface area contributed by atoms with Gasteiger partial charge in [-0.05, 0) is 30.7 Å². The highest BCUT2D eigenvalue weighted by atomic mass is 32.1. The Morgan fingerprint density at radius 2 is 2.15 bits per heavy atom. The van der Waals surface area contributed by atoms with Crippen molar-refractivity contribution in [3.63, 3.8) is 0 Å². The first kappa shape index (κ1) is 10.7. The number of rotatable bonds is 5. The minimum absolute atomic E-state index is 0.627. The van der Waals surface area contributed by atoms with Crippen LogP contribution in [-0.2, 0) is 6.54 Å². The normalized spacial score (nSPS) is 13.5. The van der Waals surface area contributed by atoms with E-state index in [4.69, 9.17) is 0 Å². The molecule has 1 nitrogen and oxygen atoms in total. The predicted molar refractivity (Wildman–Crippen MR) is 60.1 cm³/mol. The van der Waals surface area contributed by atoms with Gasteiger partial charge in [-0.25, -0.2) is 0 Å². The lowest BCUT2D eigenvalue weighted by Gasteiger charge is -2.14. The van der Waals surface area contributed by atoms with Crippen LogP contribution in [0.5, 0.6) is 0 Å². The first-order valence-corrected chi connectivity index (χ1v) is 5.82. The lowest BCUT2D eigenvalue weighted by Crippen LogP contribution is -2.26. The monoisotopic (exact) mass is 197 g/mol. The summed E-state index contributed by atoms with van der Waals surface area (Å²) in [6.07, 6.45) is 1.26. The Bertz CT molecular complexity index is 216. The van der Waals surface area contributed by atoms with E-state index in [0.29, 0.717) is 6.04 Å². The van der Waals surface area contributed by atoms with Crippen LogP contribution in [0.15, 0.2) is 17.5 Å². The van der Waals surface area contributed by atoms with Crippen molar-refractivity contribution >= 4 is 11.3 Å². The van der Waals surface area contributed by atoms with Gasteiger partial charge >= 0.3 is 0 Å². The minimum atomic E-state index is 0.627. The van der Waals surface area contributed by atoms with Crippen LogP contribution in [0.1, 0.15) is 32.1 Å². The van der Waals surface area contributed by atoms with Crippen molar-refractivity contribution in [1.29, 1.82) is 0 Å². The highest BCUT2D eigenvalue weighted by molar-refractivity contribution is 7.09. The van der Waals surface area contributed by atoms with Crippen molar-refractivity contribution in [1.82, 2.24) is 5.32 Å². The van der Waals surface area contributed by atoms with Crippen molar-refractivity contribution < 1.29 is 0 Å². The number of hydrogen-bond donors (Lipinski definition) is 1. The van der Waals surface area contributed by atoms with Crippen LogP contribution in [0.25, 0.3) is 0 Å². The van der Waals surface area contributed by atoms with Crippen LogP contribution in [-0.4, -0.2) is 6.04 Å². The summed E-state index contributed by atoms with van der Waals surface area (Å²) >= 11 is 1.82. The molecule has 0 aliphatic rings. The standard InChI is InChI=1S/C11H19NS/c1-9(2)7-10(3)12-8-11-5-4-6-13-11/h4-6,9-10,12H,7-8H2,1-3H3/t10-/m1/s1. The molecule has 0 unspecified atom stereocenters. The van der Waals surface area contributed by atoms with Gasteiger partial charge in [-0.1, -0.05) is 19.9 Å². The molecule has 1 aromatic rings. The fourth-order valence-corrected chi connectivity index (χ4v) is 2.13. The van der Waals surface area contributed by atoms with Gasteiger partial charge in [-0.15, -0.1) is 11.3 Å². The predicted octanol–water partition coefficient (Wildman–Crippen LogP) is 3.27. The SMILES string of the molecule is CC(C)C[C@@H](C)NCc1cccs1. The van der Waals surface area contributed by atoms with Gasteiger partial charge in [-0.2, -0.15) is 0 Å². The van der Waals surface area contributed by atoms with Gasteiger partial charge in [0.25, 0.3) is 0 Å². The van der Waals surface area contributed by atoms with Crippen LogP contribution < -0.4 is 5.32 Å². The second kappa shape index (κ2) is 5.40. The summed E-state index contributed by atoms with van der Waals surface area (Å²) in [5.74, 6) is 0.783. The van der Waals surface area contributed by atoms with E-state index < -0.39 is 0 Å². The van der Waals surface area contributed by atoms with E-state index >= 15 is 0 Å². The average molecular weight is 197 g/mol. The highest BCUT2D eigenvalue weighted by Gasteiger charge is 2.03. The largest absolute Gasteiger partial charge is 0.309 e. The molecule has 0 amide bonds. The Labute approximate surface area is 85.2 Å². The fraction of sp³-hybridized carbons (Fsp3) is 0.636. The molecule has 13 heavy (non-hydrogen) atoms. The van der Waals surface area contributed by atoms with Crippen LogP contribution in [0.3, 0.4) is 0 Å². The van der Waals surface area contributed by atoms with Crippen molar-refractivity contribution in [2.45, 2.75) is 39.8 Å². The Balaban J connectivity index is 2.19. The van der Waals surface area contributed by atoms with Crippen molar-refractivity contribution in [2.24, 2.45) is 5.92 Å². The van der Waals surface area contributed by atoms with Crippen LogP contribution >= 0.6 is 11.3 Å². The third-order valence-corrected chi connectivity index (χ3v) is 2.91. The molecule has 74 valence electrons. The molecular weight excluding hydrogens is 178 g/mol. The van der Waals surface area contributed by atoms with Gasteiger partial charge in [0.15, 0.2) is 0 Å². The molecule has 1 heterocycles. The smallest absolute Gasteiger partial charge is 0.0302 e. The molecule has 0 saturated heterocycles. The third kappa shape index (κ3) is 4.44. The van der Waals surface area contributed by atoms with Crippen LogP contribution in [0.4, 0.5) is 0 Å². The summed E-state index contributed by atoms with van der Waals surface area (Å²) in [4.78, 5) is 1.43. The molecule has 1 aromatic heterocycles. The van der Waals surface area contributed by atoms with Crippen molar-refractivity contribution in [3.05, 3.63) is 22.4 Å². The van der Waals surface area contributed by atoms with Gasteiger partial charge in [0, 0.05) is 17.5 Å². The van der Waals surface area contributed by atoms with E-state index in [1.165, 1.54) is 11.3 Å². The maximum Gasteiger partial charge on any atom is 0.0302 e. The quantitative estimate of drug-likeness (QED) is 0.764. The number of nitrogens with one attached hydrogen (secondary N) is 1. The molecule has 0 radical (unpaired) electrons. The maximum atomic E-state index is 3.53. The van der Waals surface area contributed by atoms with Gasteiger partial charge in [-0.3, -0.25) is 0 Å². The summed E-state index contributed by atoms with van der Waals surface area (Å²) in [7, 11) is 0. The average Bonchev–Trinajstić information content (AvgIpc) is 2.51. The van der Waals surface area contributed by atoms with E-state index in [9.17, 15) is 0 Å². The second-order valence-electron chi connectivity index (χ2n) is 3.99. The van der Waals surface area contributed by atoms with E-state index in [-0.39, 0.29) is 0 Å². The topological polar surface area (TPSA) is 12.0 Å². The van der Waals surface area contributed by atoms with Crippen molar-refractivity contribution in [2.75, 3.05) is 0 Å². The molecular formula is C11H19NS. The number of hydrogen-bond acceptors (Lipinski definition) is 2. The van der Waals surface area contributed by atoms with Gasteiger partial charge < -0.3 is 5.32 Å². The van der Waals surface area contributed by atoms with Crippen molar-refractivity contribution in [3.8, 4) is 0 Å². The summed E-state index contributed by atoms with van der Waals surface area (Å²) < 4.78 is 0. The Hall–Kier alpha value is -0.340. The fourth-order valence-electron chi connectivity index (χ4n) is 1.48. The maximum absolute atomic E-state index is 3.53. The zero-order chi connectivity index (χ0) is 9.68. The lowest BCUT2D eigenvalue weighted by atomic mass is 10.1. The summed E-state index contributed by atoms with van der Waals surface area (Å²) in [6, 6.07) is 4.91. The van der Waals surface area contributed by atoms with E-state index in [0.717, 1.165) is 12.5 Å². The number of thiophene rings is 1. The van der Waals surface area contributed by atoms with Gasteiger partial charge in [0.1, 0.15) is 0 Å². The molecule has 0 saturated carbocycles. The van der Waals surface area contributed by atoms with E-state index in [2.05, 4.69) is 43.6 Å². The first-order chi connectivity index (χ1) is 6.18. The van der Waals surface area contributed by atoms with E-state index in [1.807, 2.05) is 11.3 Å². The second-order valence-corrected chi connectivity index (χ2v) is 5.02. The summed E-state index contributed by atoms with van der Waals surface area (Å²) in [5, 5.41) is 5.66. The van der Waals surface area contributed by atoms with Gasteiger partial charge in [0.05, 0.1) is 0 Å². The van der Waals surface area contributed by atoms with Gasteiger partial charge in [0.2, 0.25) is 0 Å². The minimum Gasteiger partial charge on any atom is -0.309 e. The zero-order valence-electron chi connectivity index (χ0n) is 8.71. The Morgan fingerprint density at radius 3 is 2.69 bits per heavy atom. The molecule has 0 fully saturated rings. The molecule has 1 N–H and O–H groups in total. The molecule has 0 spiro atoms. The highest BCUT2D eigenvalue weighted by Crippen LogP contribution is 2.09. The molecule has 1 atom stereocenters. The Kier molecular flexibility index (Phi) is 4.46. The molecule has 0 bridgehead atoms. The summed E-state index contributed by atoms with van der Waals surface area (Å²) in [6.45, 7) is 7.81. The molecule has 1 rings (SSSR count). The van der Waals surface area contributed by atoms with E-state index in [1.54, 1.807) is 0 Å². The lowest BCUT2D eigenvalue weighted by molar-refractivity contribution is 0.443. The molecule has 2 heteroatoms. The third-order valence-electron chi connectivity index (χ3n) is 2.03. The Morgan fingerprint density at radius 1 is 1.38 bits per heavy atom.